The molecule has 0 aliphatic heterocycles. The van der Waals surface area contributed by atoms with Crippen LogP contribution in [0.4, 0.5) is 18.9 Å². The van der Waals surface area contributed by atoms with E-state index < -0.39 is 17.7 Å². The van der Waals surface area contributed by atoms with E-state index in [4.69, 9.17) is 10.8 Å². The molecule has 0 fully saturated rings. The Morgan fingerprint density at radius 2 is 1.68 bits per heavy atom. The highest BCUT2D eigenvalue weighted by Crippen LogP contribution is 2.32. The zero-order chi connectivity index (χ0) is 15.6. The zero-order valence-corrected chi connectivity index (χ0v) is 12.0. The number of carboxylic acid groups (broad SMARTS) is 1. The molecule has 0 bridgehead atoms. The molecule has 7 heteroatoms. The molecular weight excluding hydrogens is 319 g/mol. The predicted octanol–water partition coefficient (Wildman–Crippen LogP) is 4.00. The number of alkyl halides is 3. The maximum absolute atomic E-state index is 12.5. The van der Waals surface area contributed by atoms with Crippen molar-refractivity contribution in [1.29, 1.82) is 0 Å². The molecule has 0 radical (unpaired) electrons. The van der Waals surface area contributed by atoms with E-state index in [1.54, 1.807) is 18.2 Å². The van der Waals surface area contributed by atoms with Gasteiger partial charge in [0.05, 0.1) is 12.0 Å². The lowest BCUT2D eigenvalue weighted by molar-refractivity contribution is -0.138. The third kappa shape index (κ3) is 4.14. The third-order valence-electron chi connectivity index (χ3n) is 3.00. The maximum Gasteiger partial charge on any atom is 0.416 e. The Kier molecular flexibility index (Phi) is 5.43. The van der Waals surface area contributed by atoms with Gasteiger partial charge in [0.2, 0.25) is 0 Å². The first kappa shape index (κ1) is 17.8. The average molecular weight is 332 g/mol. The molecule has 3 N–H and O–H groups in total. The Balaban J connectivity index is 0.00000242. The molecule has 0 saturated carbocycles. The molecule has 0 saturated heterocycles. The lowest BCUT2D eigenvalue weighted by Crippen LogP contribution is -2.04. The summed E-state index contributed by atoms with van der Waals surface area (Å²) in [5, 5.41) is 8.77. The molecule has 0 aliphatic rings. The maximum atomic E-state index is 12.5. The van der Waals surface area contributed by atoms with Crippen LogP contribution in [-0.2, 0) is 17.4 Å². The molecule has 2 rings (SSSR count). The molecule has 0 atom stereocenters. The van der Waals surface area contributed by atoms with Crippen LogP contribution in [0.1, 0.15) is 11.1 Å². The van der Waals surface area contributed by atoms with Gasteiger partial charge in [-0.1, -0.05) is 18.2 Å². The first-order chi connectivity index (χ1) is 9.77. The fraction of sp³-hybridized carbons (Fsp3) is 0.133. The Morgan fingerprint density at radius 1 is 1.09 bits per heavy atom. The van der Waals surface area contributed by atoms with Gasteiger partial charge >= 0.3 is 12.1 Å². The molecule has 2 aromatic rings. The van der Waals surface area contributed by atoms with Crippen molar-refractivity contribution in [2.75, 3.05) is 5.73 Å². The molecule has 2 aromatic carbocycles. The highest BCUT2D eigenvalue weighted by atomic mass is 35.5. The highest BCUT2D eigenvalue weighted by Gasteiger charge is 2.30. The summed E-state index contributed by atoms with van der Waals surface area (Å²) in [7, 11) is 0. The highest BCUT2D eigenvalue weighted by molar-refractivity contribution is 5.85. The summed E-state index contributed by atoms with van der Waals surface area (Å²) in [6, 6.07) is 9.28. The van der Waals surface area contributed by atoms with Crippen LogP contribution in [0, 0.1) is 0 Å². The van der Waals surface area contributed by atoms with Crippen molar-refractivity contribution in [2.24, 2.45) is 0 Å². The quantitative estimate of drug-likeness (QED) is 0.835. The minimum atomic E-state index is -4.39. The number of aliphatic carboxylic acids is 1. The minimum absolute atomic E-state index is 0. The van der Waals surface area contributed by atoms with Crippen molar-refractivity contribution in [3.63, 3.8) is 0 Å². The van der Waals surface area contributed by atoms with Gasteiger partial charge in [0.15, 0.2) is 0 Å². The van der Waals surface area contributed by atoms with E-state index in [0.717, 1.165) is 12.1 Å². The van der Waals surface area contributed by atoms with E-state index in [0.29, 0.717) is 22.4 Å². The zero-order valence-electron chi connectivity index (χ0n) is 11.2. The fourth-order valence-corrected chi connectivity index (χ4v) is 1.98. The van der Waals surface area contributed by atoms with Crippen LogP contribution < -0.4 is 5.73 Å². The molecule has 3 nitrogen and oxygen atoms in total. The number of anilines is 1. The van der Waals surface area contributed by atoms with E-state index in [1.807, 2.05) is 0 Å². The fourth-order valence-electron chi connectivity index (χ4n) is 1.98. The predicted molar refractivity (Wildman–Crippen MR) is 79.9 cm³/mol. The summed E-state index contributed by atoms with van der Waals surface area (Å²) in [6.07, 6.45) is -4.57. The Labute approximate surface area is 131 Å². The second-order valence-electron chi connectivity index (χ2n) is 4.57. The third-order valence-corrected chi connectivity index (χ3v) is 3.00. The normalized spacial score (nSPS) is 10.9. The number of benzene rings is 2. The van der Waals surface area contributed by atoms with Crippen LogP contribution in [0.15, 0.2) is 42.5 Å². The number of halogens is 4. The van der Waals surface area contributed by atoms with E-state index in [9.17, 15) is 18.0 Å². The number of carboxylic acids is 1. The number of hydrogen-bond acceptors (Lipinski definition) is 2. The molecular formula is C15H13ClF3NO2. The van der Waals surface area contributed by atoms with Crippen molar-refractivity contribution >= 4 is 24.1 Å². The molecule has 0 amide bonds. The monoisotopic (exact) mass is 331 g/mol. The second-order valence-corrected chi connectivity index (χ2v) is 4.57. The van der Waals surface area contributed by atoms with Gasteiger partial charge in [-0.25, -0.2) is 0 Å². The smallest absolute Gasteiger partial charge is 0.416 e. The standard InChI is InChI=1S/C15H12F3NO2.ClH/c16-15(17,18)11-4-2-10(3-5-11)12-7-9(8-14(20)21)1-6-13(12)19;/h1-7H,8,19H2,(H,20,21);1H. The van der Waals surface area contributed by atoms with Crippen LogP contribution >= 0.6 is 12.4 Å². The average Bonchev–Trinajstić information content (AvgIpc) is 2.39. The Bertz CT molecular complexity index is 669. The topological polar surface area (TPSA) is 63.3 Å². The van der Waals surface area contributed by atoms with Crippen molar-refractivity contribution < 1.29 is 23.1 Å². The van der Waals surface area contributed by atoms with Gasteiger partial charge in [0.25, 0.3) is 0 Å². The van der Waals surface area contributed by atoms with Crippen LogP contribution in [0.25, 0.3) is 11.1 Å². The number of nitrogens with two attached hydrogens (primary N) is 1. The number of hydrogen-bond donors (Lipinski definition) is 2. The molecule has 22 heavy (non-hydrogen) atoms. The summed E-state index contributed by atoms with van der Waals surface area (Å²) >= 11 is 0. The number of nitrogen functional groups attached to an aromatic ring is 1. The van der Waals surface area contributed by atoms with Crippen molar-refractivity contribution in [3.05, 3.63) is 53.6 Å². The van der Waals surface area contributed by atoms with Crippen molar-refractivity contribution in [2.45, 2.75) is 12.6 Å². The van der Waals surface area contributed by atoms with Gasteiger partial charge in [0.1, 0.15) is 0 Å². The van der Waals surface area contributed by atoms with Gasteiger partial charge < -0.3 is 10.8 Å². The van der Waals surface area contributed by atoms with E-state index in [1.165, 1.54) is 12.1 Å². The molecule has 0 unspecified atom stereocenters. The van der Waals surface area contributed by atoms with Gasteiger partial charge in [-0.15, -0.1) is 12.4 Å². The molecule has 0 aromatic heterocycles. The van der Waals surface area contributed by atoms with Crippen molar-refractivity contribution in [1.82, 2.24) is 0 Å². The van der Waals surface area contributed by atoms with E-state index in [2.05, 4.69) is 0 Å². The second kappa shape index (κ2) is 6.70. The van der Waals surface area contributed by atoms with Crippen LogP contribution in [-0.4, -0.2) is 11.1 Å². The summed E-state index contributed by atoms with van der Waals surface area (Å²) in [6.45, 7) is 0. The van der Waals surface area contributed by atoms with Crippen LogP contribution in [0.2, 0.25) is 0 Å². The van der Waals surface area contributed by atoms with Gasteiger partial charge in [-0.2, -0.15) is 13.2 Å². The molecule has 0 aliphatic carbocycles. The minimum Gasteiger partial charge on any atom is -0.481 e. The molecule has 118 valence electrons. The lowest BCUT2D eigenvalue weighted by atomic mass is 9.99. The first-order valence-corrected chi connectivity index (χ1v) is 6.05. The summed E-state index contributed by atoms with van der Waals surface area (Å²) in [5.74, 6) is -0.988. The Hall–Kier alpha value is -2.21. The molecule has 0 spiro atoms. The largest absolute Gasteiger partial charge is 0.481 e. The SMILES string of the molecule is Cl.Nc1ccc(CC(=O)O)cc1-c1ccc(C(F)(F)F)cc1. The number of carbonyl (C=O) groups is 1. The lowest BCUT2D eigenvalue weighted by Gasteiger charge is -2.10. The van der Waals surface area contributed by atoms with E-state index >= 15 is 0 Å². The summed E-state index contributed by atoms with van der Waals surface area (Å²) < 4.78 is 37.6. The van der Waals surface area contributed by atoms with Gasteiger partial charge in [0, 0.05) is 11.3 Å². The first-order valence-electron chi connectivity index (χ1n) is 6.05. The summed E-state index contributed by atoms with van der Waals surface area (Å²) in [4.78, 5) is 10.7. The van der Waals surface area contributed by atoms with Gasteiger partial charge in [-0.3, -0.25) is 4.79 Å². The number of rotatable bonds is 3. The Morgan fingerprint density at radius 3 is 2.18 bits per heavy atom. The molecule has 0 heterocycles. The van der Waals surface area contributed by atoms with Crippen molar-refractivity contribution in [3.8, 4) is 11.1 Å². The van der Waals surface area contributed by atoms with E-state index in [-0.39, 0.29) is 18.8 Å². The summed E-state index contributed by atoms with van der Waals surface area (Å²) in [5.41, 5.74) is 7.00. The van der Waals surface area contributed by atoms with Crippen LogP contribution in [0.5, 0.6) is 0 Å². The van der Waals surface area contributed by atoms with Crippen LogP contribution in [0.3, 0.4) is 0 Å². The van der Waals surface area contributed by atoms with Gasteiger partial charge in [-0.05, 0) is 35.4 Å².